The molecule has 3 amide bonds. The molecule has 0 bridgehead atoms. The number of aliphatic carboxylic acids is 3. The second kappa shape index (κ2) is 15.2. The fourth-order valence-corrected chi connectivity index (χ4v) is 3.33. The second-order valence-electron chi connectivity index (χ2n) is 8.90. The fourth-order valence-electron chi connectivity index (χ4n) is 3.33. The maximum atomic E-state index is 13.1. The molecule has 0 saturated heterocycles. The van der Waals surface area contributed by atoms with Crippen molar-refractivity contribution in [2.45, 2.75) is 76.5 Å². The minimum absolute atomic E-state index is 0.0599. The van der Waals surface area contributed by atoms with Crippen LogP contribution in [0.15, 0.2) is 12.5 Å². The van der Waals surface area contributed by atoms with Gasteiger partial charge in [0, 0.05) is 31.2 Å². The third-order valence-electron chi connectivity index (χ3n) is 5.22. The van der Waals surface area contributed by atoms with E-state index in [4.69, 9.17) is 15.9 Å². The Morgan fingerprint density at radius 1 is 0.865 bits per heavy atom. The Kier molecular flexibility index (Phi) is 12.7. The van der Waals surface area contributed by atoms with E-state index in [0.717, 1.165) is 0 Å². The highest BCUT2D eigenvalue weighted by molar-refractivity contribution is 5.94. The van der Waals surface area contributed by atoms with Crippen molar-refractivity contribution in [3.63, 3.8) is 0 Å². The Hall–Kier alpha value is -4.01. The molecule has 1 heterocycles. The first-order valence-corrected chi connectivity index (χ1v) is 11.6. The lowest BCUT2D eigenvalue weighted by molar-refractivity contribution is -0.144. The van der Waals surface area contributed by atoms with E-state index in [9.17, 15) is 33.9 Å². The first-order valence-electron chi connectivity index (χ1n) is 11.6. The predicted octanol–water partition coefficient (Wildman–Crippen LogP) is -1.41. The zero-order valence-electron chi connectivity index (χ0n) is 20.6. The summed E-state index contributed by atoms with van der Waals surface area (Å²) in [6.07, 6.45) is 1.17. The van der Waals surface area contributed by atoms with E-state index in [2.05, 4.69) is 25.9 Å². The topological polar surface area (TPSA) is 254 Å². The number of carboxylic acid groups (broad SMARTS) is 3. The van der Waals surface area contributed by atoms with Crippen molar-refractivity contribution < 1.29 is 44.1 Å². The Labute approximate surface area is 212 Å². The largest absolute Gasteiger partial charge is 0.481 e. The number of carbonyl (C=O) groups is 6. The number of nitrogens with two attached hydrogens (primary N) is 1. The third-order valence-corrected chi connectivity index (χ3v) is 5.22. The van der Waals surface area contributed by atoms with Crippen LogP contribution in [-0.2, 0) is 35.2 Å². The molecule has 206 valence electrons. The Morgan fingerprint density at radius 2 is 1.38 bits per heavy atom. The van der Waals surface area contributed by atoms with E-state index < -0.39 is 85.5 Å². The number of amides is 3. The first kappa shape index (κ1) is 31.0. The van der Waals surface area contributed by atoms with Gasteiger partial charge in [-0.2, -0.15) is 0 Å². The summed E-state index contributed by atoms with van der Waals surface area (Å²) in [4.78, 5) is 78.5. The smallest absolute Gasteiger partial charge is 0.326 e. The van der Waals surface area contributed by atoms with Crippen LogP contribution in [0.1, 0.15) is 51.6 Å². The van der Waals surface area contributed by atoms with Gasteiger partial charge in [0.1, 0.15) is 18.1 Å². The third kappa shape index (κ3) is 12.0. The monoisotopic (exact) mass is 526 g/mol. The maximum absolute atomic E-state index is 13.1. The van der Waals surface area contributed by atoms with E-state index >= 15 is 0 Å². The predicted molar refractivity (Wildman–Crippen MR) is 127 cm³/mol. The minimum Gasteiger partial charge on any atom is -0.481 e. The molecule has 4 unspecified atom stereocenters. The highest BCUT2D eigenvalue weighted by Gasteiger charge is 2.31. The van der Waals surface area contributed by atoms with Gasteiger partial charge >= 0.3 is 17.9 Å². The highest BCUT2D eigenvalue weighted by Crippen LogP contribution is 2.07. The Morgan fingerprint density at radius 3 is 1.86 bits per heavy atom. The number of carbonyl (C=O) groups excluding carboxylic acids is 3. The number of H-pyrrole nitrogens is 1. The van der Waals surface area contributed by atoms with Crippen LogP contribution in [0.4, 0.5) is 0 Å². The molecule has 0 aliphatic rings. The van der Waals surface area contributed by atoms with Crippen LogP contribution < -0.4 is 21.7 Å². The molecule has 0 aliphatic heterocycles. The summed E-state index contributed by atoms with van der Waals surface area (Å²) < 4.78 is 0. The van der Waals surface area contributed by atoms with Gasteiger partial charge in [0.25, 0.3) is 0 Å². The number of rotatable bonds is 17. The SMILES string of the molecule is CC(C)CC(N)C(=O)NC(Cc1cnc[nH]1)C(=O)NC(CCC(=O)O)C(=O)NC(CCC(=O)O)C(=O)O. The van der Waals surface area contributed by atoms with E-state index in [-0.39, 0.29) is 12.3 Å². The van der Waals surface area contributed by atoms with Crippen molar-refractivity contribution in [2.24, 2.45) is 11.7 Å². The minimum atomic E-state index is -1.58. The van der Waals surface area contributed by atoms with Gasteiger partial charge in [0.15, 0.2) is 0 Å². The normalized spacial score (nSPS) is 14.2. The molecule has 1 aromatic heterocycles. The van der Waals surface area contributed by atoms with E-state index in [1.165, 1.54) is 12.5 Å². The molecule has 1 rings (SSSR count). The van der Waals surface area contributed by atoms with E-state index in [1.807, 2.05) is 13.8 Å². The van der Waals surface area contributed by atoms with Crippen LogP contribution in [0.2, 0.25) is 0 Å². The number of carboxylic acids is 3. The number of hydrogen-bond acceptors (Lipinski definition) is 8. The highest BCUT2D eigenvalue weighted by atomic mass is 16.4. The maximum Gasteiger partial charge on any atom is 0.326 e. The average molecular weight is 527 g/mol. The molecule has 9 N–H and O–H groups in total. The number of nitrogens with one attached hydrogen (secondary N) is 4. The molecule has 0 aromatic carbocycles. The molecule has 15 nitrogen and oxygen atoms in total. The summed E-state index contributed by atoms with van der Waals surface area (Å²) in [5.41, 5.74) is 6.39. The van der Waals surface area contributed by atoms with Crippen LogP contribution in [0.3, 0.4) is 0 Å². The number of nitrogens with zero attached hydrogens (tertiary/aromatic N) is 1. The second-order valence-corrected chi connectivity index (χ2v) is 8.90. The van der Waals surface area contributed by atoms with Crippen molar-refractivity contribution in [1.82, 2.24) is 25.9 Å². The number of imidazole rings is 1. The van der Waals surface area contributed by atoms with Crippen molar-refractivity contribution >= 4 is 35.6 Å². The van der Waals surface area contributed by atoms with Crippen LogP contribution >= 0.6 is 0 Å². The van der Waals surface area contributed by atoms with Gasteiger partial charge in [-0.3, -0.25) is 24.0 Å². The number of aromatic amines is 1. The molecule has 0 spiro atoms. The lowest BCUT2D eigenvalue weighted by Crippen LogP contribution is -2.57. The molecule has 0 radical (unpaired) electrons. The van der Waals surface area contributed by atoms with Crippen molar-refractivity contribution in [2.75, 3.05) is 0 Å². The number of aromatic nitrogens is 2. The quantitative estimate of drug-likeness (QED) is 0.117. The van der Waals surface area contributed by atoms with Gasteiger partial charge in [-0.1, -0.05) is 13.8 Å². The Balaban J connectivity index is 3.07. The zero-order valence-corrected chi connectivity index (χ0v) is 20.6. The summed E-state index contributed by atoms with van der Waals surface area (Å²) in [6, 6.07) is -5.20. The standard InChI is InChI=1S/C22H34N6O9/c1-11(2)7-13(23)19(33)28-16(8-12-9-24-10-25-12)21(35)26-14(3-5-17(29)30)20(34)27-15(22(36)37)4-6-18(31)32/h9-11,13-16H,3-8,23H2,1-2H3,(H,24,25)(H,26,35)(H,27,34)(H,28,33)(H,29,30)(H,31,32)(H,36,37). The van der Waals surface area contributed by atoms with Gasteiger partial charge in [-0.25, -0.2) is 9.78 Å². The number of hydrogen-bond donors (Lipinski definition) is 8. The molecule has 0 saturated carbocycles. The van der Waals surface area contributed by atoms with Crippen molar-refractivity contribution in [3.05, 3.63) is 18.2 Å². The molecular formula is C22H34N6O9. The molecule has 37 heavy (non-hydrogen) atoms. The Bertz CT molecular complexity index is 950. The fraction of sp³-hybridized carbons (Fsp3) is 0.591. The molecule has 1 aromatic rings. The van der Waals surface area contributed by atoms with E-state index in [0.29, 0.717) is 12.1 Å². The summed E-state index contributed by atoms with van der Waals surface area (Å²) in [6.45, 7) is 3.74. The van der Waals surface area contributed by atoms with Crippen LogP contribution in [0, 0.1) is 5.92 Å². The van der Waals surface area contributed by atoms with Gasteiger partial charge in [0.2, 0.25) is 17.7 Å². The van der Waals surface area contributed by atoms with Gasteiger partial charge in [-0.05, 0) is 25.2 Å². The molecule has 0 fully saturated rings. The first-order chi connectivity index (χ1) is 17.3. The summed E-state index contributed by atoms with van der Waals surface area (Å²) in [5, 5.41) is 34.2. The van der Waals surface area contributed by atoms with E-state index in [1.54, 1.807) is 0 Å². The summed E-state index contributed by atoms with van der Waals surface area (Å²) >= 11 is 0. The lowest BCUT2D eigenvalue weighted by Gasteiger charge is -2.25. The summed E-state index contributed by atoms with van der Waals surface area (Å²) in [5.74, 6) is -6.41. The van der Waals surface area contributed by atoms with Crippen LogP contribution in [0.5, 0.6) is 0 Å². The average Bonchev–Trinajstić information content (AvgIpc) is 3.30. The van der Waals surface area contributed by atoms with Crippen molar-refractivity contribution in [1.29, 1.82) is 0 Å². The van der Waals surface area contributed by atoms with Crippen molar-refractivity contribution in [3.8, 4) is 0 Å². The van der Waals surface area contributed by atoms with Gasteiger partial charge < -0.3 is 42.0 Å². The van der Waals surface area contributed by atoms with Crippen LogP contribution in [0.25, 0.3) is 0 Å². The molecule has 4 atom stereocenters. The molecule has 15 heteroatoms. The lowest BCUT2D eigenvalue weighted by atomic mass is 10.0. The summed E-state index contributed by atoms with van der Waals surface area (Å²) in [7, 11) is 0. The molecular weight excluding hydrogens is 492 g/mol. The van der Waals surface area contributed by atoms with Gasteiger partial charge in [0.05, 0.1) is 12.4 Å². The van der Waals surface area contributed by atoms with Crippen LogP contribution in [-0.4, -0.2) is 85.1 Å². The molecule has 0 aliphatic carbocycles. The zero-order chi connectivity index (χ0) is 28.1. The van der Waals surface area contributed by atoms with Gasteiger partial charge in [-0.15, -0.1) is 0 Å².